The second kappa shape index (κ2) is 10.4. The number of hydrogen-bond donors (Lipinski definition) is 2. The molecule has 1 heterocycles. The molecule has 188 valence electrons. The molecule has 0 aliphatic heterocycles. The van der Waals surface area contributed by atoms with Gasteiger partial charge in [-0.1, -0.05) is 42.5 Å². The number of aromatic nitrogens is 2. The Balaban J connectivity index is 1.14. The maximum atomic E-state index is 12.9. The predicted octanol–water partition coefficient (Wildman–Crippen LogP) is 5.05. The monoisotopic (exact) mass is 503 g/mol. The number of nitrogens with one attached hydrogen (secondary N) is 2. The van der Waals surface area contributed by atoms with Crippen LogP contribution in [0.1, 0.15) is 25.7 Å². The van der Waals surface area contributed by atoms with Crippen LogP contribution in [0.3, 0.4) is 0 Å². The molecule has 7 nitrogen and oxygen atoms in total. The molecule has 36 heavy (non-hydrogen) atoms. The highest BCUT2D eigenvalue weighted by Gasteiger charge is 2.24. The third kappa shape index (κ3) is 5.44. The highest BCUT2D eigenvalue weighted by Crippen LogP contribution is 2.30. The predicted molar refractivity (Wildman–Crippen MR) is 147 cm³/mol. The van der Waals surface area contributed by atoms with E-state index in [9.17, 15) is 8.42 Å². The van der Waals surface area contributed by atoms with Gasteiger partial charge < -0.3 is 10.2 Å². The molecule has 0 unspecified atom stereocenters. The van der Waals surface area contributed by atoms with Crippen LogP contribution < -0.4 is 14.9 Å². The topological polar surface area (TPSA) is 87.2 Å². The molecule has 1 fully saturated rings. The van der Waals surface area contributed by atoms with E-state index in [0.717, 1.165) is 59.7 Å². The number of nitrogens with zero attached hydrogens (tertiary/aromatic N) is 3. The summed E-state index contributed by atoms with van der Waals surface area (Å²) in [5.41, 5.74) is 0.932. The molecule has 5 rings (SSSR count). The summed E-state index contributed by atoms with van der Waals surface area (Å²) >= 11 is 0. The Morgan fingerprint density at radius 3 is 2.25 bits per heavy atom. The Kier molecular flexibility index (Phi) is 7.07. The lowest BCUT2D eigenvalue weighted by Gasteiger charge is -2.28. The van der Waals surface area contributed by atoms with Crippen LogP contribution in [-0.4, -0.2) is 45.6 Å². The number of rotatable bonds is 8. The van der Waals surface area contributed by atoms with E-state index in [2.05, 4.69) is 10.0 Å². The van der Waals surface area contributed by atoms with Crippen molar-refractivity contribution >= 4 is 43.5 Å². The van der Waals surface area contributed by atoms with Crippen molar-refractivity contribution in [2.24, 2.45) is 11.8 Å². The van der Waals surface area contributed by atoms with E-state index in [-0.39, 0.29) is 0 Å². The molecular weight excluding hydrogens is 470 g/mol. The van der Waals surface area contributed by atoms with Gasteiger partial charge in [-0.2, -0.15) is 4.98 Å². The standard InChI is InChI=1S/C28H33N5O2S/c1-33(2)27-25-9-5-6-10-26(25)31-28(32-27)29-18-20-11-13-21(14-12-20)19-30-36(34,35)24-16-15-22-7-3-4-8-23(22)17-24/h3-10,15-17,20-21,30H,11-14,18-19H2,1-2H3,(H,29,31,32)/t20-,21-. The van der Waals surface area contributed by atoms with E-state index in [1.165, 1.54) is 0 Å². The number of fused-ring (bicyclic) bond motifs is 2. The van der Waals surface area contributed by atoms with E-state index < -0.39 is 10.0 Å². The number of sulfonamides is 1. The minimum absolute atomic E-state index is 0.326. The maximum Gasteiger partial charge on any atom is 0.240 e. The van der Waals surface area contributed by atoms with Crippen molar-refractivity contribution in [3.8, 4) is 0 Å². The molecule has 8 heteroatoms. The first-order chi connectivity index (χ1) is 17.4. The van der Waals surface area contributed by atoms with Gasteiger partial charge in [-0.25, -0.2) is 18.1 Å². The second-order valence-corrected chi connectivity index (χ2v) is 11.7. The zero-order valence-corrected chi connectivity index (χ0v) is 21.6. The van der Waals surface area contributed by atoms with Crippen LogP contribution >= 0.6 is 0 Å². The van der Waals surface area contributed by atoms with Gasteiger partial charge in [-0.3, -0.25) is 0 Å². The molecule has 4 aromatic rings. The Morgan fingerprint density at radius 1 is 0.833 bits per heavy atom. The molecule has 0 bridgehead atoms. The van der Waals surface area contributed by atoms with Gasteiger partial charge in [0.05, 0.1) is 10.4 Å². The molecule has 1 aliphatic rings. The van der Waals surface area contributed by atoms with E-state index in [1.807, 2.05) is 73.6 Å². The molecule has 1 saturated carbocycles. The molecule has 0 amide bonds. The summed E-state index contributed by atoms with van der Waals surface area (Å²) in [5.74, 6) is 2.44. The minimum atomic E-state index is -3.52. The summed E-state index contributed by atoms with van der Waals surface area (Å²) in [7, 11) is 0.465. The molecular formula is C28H33N5O2S. The van der Waals surface area contributed by atoms with Crippen molar-refractivity contribution in [2.45, 2.75) is 30.6 Å². The van der Waals surface area contributed by atoms with Gasteiger partial charge in [0.2, 0.25) is 16.0 Å². The quantitative estimate of drug-likeness (QED) is 0.350. The van der Waals surface area contributed by atoms with E-state index >= 15 is 0 Å². The average Bonchev–Trinajstić information content (AvgIpc) is 2.90. The van der Waals surface area contributed by atoms with Crippen LogP contribution in [0.25, 0.3) is 21.7 Å². The van der Waals surface area contributed by atoms with Gasteiger partial charge in [-0.05, 0) is 72.6 Å². The highest BCUT2D eigenvalue weighted by atomic mass is 32.2. The second-order valence-electron chi connectivity index (χ2n) is 9.91. The van der Waals surface area contributed by atoms with Crippen molar-refractivity contribution in [3.63, 3.8) is 0 Å². The fourth-order valence-electron chi connectivity index (χ4n) is 5.00. The van der Waals surface area contributed by atoms with Crippen LogP contribution in [0.5, 0.6) is 0 Å². The minimum Gasteiger partial charge on any atom is -0.362 e. The zero-order valence-electron chi connectivity index (χ0n) is 20.8. The van der Waals surface area contributed by atoms with Gasteiger partial charge in [-0.15, -0.1) is 0 Å². The first-order valence-corrected chi connectivity index (χ1v) is 14.0. The Bertz CT molecular complexity index is 1460. The molecule has 1 aliphatic carbocycles. The van der Waals surface area contributed by atoms with Crippen molar-refractivity contribution in [1.29, 1.82) is 0 Å². The van der Waals surface area contributed by atoms with Crippen molar-refractivity contribution in [1.82, 2.24) is 14.7 Å². The maximum absolute atomic E-state index is 12.9. The fraction of sp³-hybridized carbons (Fsp3) is 0.357. The van der Waals surface area contributed by atoms with E-state index in [4.69, 9.17) is 9.97 Å². The molecule has 0 radical (unpaired) electrons. The molecule has 1 aromatic heterocycles. The normalized spacial score (nSPS) is 18.4. The fourth-order valence-corrected chi connectivity index (χ4v) is 6.15. The Hall–Kier alpha value is -3.23. The SMILES string of the molecule is CN(C)c1nc(NC[C@H]2CC[C@H](CNS(=O)(=O)c3ccc4ccccc4c3)CC2)nc2ccccc12. The van der Waals surface area contributed by atoms with Crippen LogP contribution in [0.4, 0.5) is 11.8 Å². The van der Waals surface area contributed by atoms with Crippen LogP contribution in [0, 0.1) is 11.8 Å². The average molecular weight is 504 g/mol. The first kappa shape index (κ1) is 24.5. The molecule has 2 N–H and O–H groups in total. The zero-order chi connectivity index (χ0) is 25.1. The lowest BCUT2D eigenvalue weighted by Crippen LogP contribution is -2.32. The lowest BCUT2D eigenvalue weighted by atomic mass is 9.82. The Morgan fingerprint density at radius 2 is 1.50 bits per heavy atom. The van der Waals surface area contributed by atoms with Gasteiger partial charge >= 0.3 is 0 Å². The summed E-state index contributed by atoms with van der Waals surface area (Å²) in [6.07, 6.45) is 4.13. The van der Waals surface area contributed by atoms with Gasteiger partial charge in [0.1, 0.15) is 5.82 Å². The largest absolute Gasteiger partial charge is 0.362 e. The van der Waals surface area contributed by atoms with Crippen molar-refractivity contribution < 1.29 is 8.42 Å². The van der Waals surface area contributed by atoms with Gasteiger partial charge in [0, 0.05) is 32.6 Å². The summed E-state index contributed by atoms with van der Waals surface area (Å²) in [4.78, 5) is 11.8. The summed E-state index contributed by atoms with van der Waals surface area (Å²) in [6, 6.07) is 21.2. The third-order valence-electron chi connectivity index (χ3n) is 7.12. The molecule has 0 spiro atoms. The summed E-state index contributed by atoms with van der Waals surface area (Å²) < 4.78 is 28.6. The lowest BCUT2D eigenvalue weighted by molar-refractivity contribution is 0.284. The Labute approximate surface area is 213 Å². The van der Waals surface area contributed by atoms with E-state index in [0.29, 0.717) is 29.2 Å². The smallest absolute Gasteiger partial charge is 0.240 e. The molecule has 0 saturated heterocycles. The van der Waals surface area contributed by atoms with E-state index in [1.54, 1.807) is 12.1 Å². The van der Waals surface area contributed by atoms with Crippen molar-refractivity contribution in [3.05, 3.63) is 66.7 Å². The number of para-hydroxylation sites is 1. The summed E-state index contributed by atoms with van der Waals surface area (Å²) in [6.45, 7) is 1.30. The first-order valence-electron chi connectivity index (χ1n) is 12.6. The van der Waals surface area contributed by atoms with Crippen molar-refractivity contribution in [2.75, 3.05) is 37.4 Å². The number of hydrogen-bond acceptors (Lipinski definition) is 6. The third-order valence-corrected chi connectivity index (χ3v) is 8.54. The van der Waals surface area contributed by atoms with Crippen LogP contribution in [0.2, 0.25) is 0 Å². The number of benzene rings is 3. The van der Waals surface area contributed by atoms with Crippen LogP contribution in [0.15, 0.2) is 71.6 Å². The number of anilines is 2. The highest BCUT2D eigenvalue weighted by molar-refractivity contribution is 7.89. The molecule has 3 aromatic carbocycles. The molecule has 0 atom stereocenters. The van der Waals surface area contributed by atoms with Gasteiger partial charge in [0.25, 0.3) is 0 Å². The van der Waals surface area contributed by atoms with Gasteiger partial charge in [0.15, 0.2) is 0 Å². The summed E-state index contributed by atoms with van der Waals surface area (Å²) in [5, 5.41) is 6.46. The van der Waals surface area contributed by atoms with Crippen LogP contribution in [-0.2, 0) is 10.0 Å².